The minimum Gasteiger partial charge on any atom is -0.486 e. The molecule has 0 saturated carbocycles. The van der Waals surface area contributed by atoms with Crippen LogP contribution in [-0.2, 0) is 9.59 Å². The third kappa shape index (κ3) is 3.23. The van der Waals surface area contributed by atoms with Crippen molar-refractivity contribution in [2.75, 3.05) is 30.0 Å². The number of hydrogen-bond donors (Lipinski definition) is 1. The van der Waals surface area contributed by atoms with E-state index in [1.54, 1.807) is 18.2 Å². The molecule has 1 N–H and O–H groups in total. The third-order valence-corrected chi connectivity index (χ3v) is 4.63. The molecule has 146 valence electrons. The predicted molar refractivity (Wildman–Crippen MR) is 92.8 cm³/mol. The number of nitrogens with one attached hydrogen (secondary N) is 1. The first kappa shape index (κ1) is 18.1. The Bertz CT molecular complexity index is 966. The molecule has 0 aromatic heterocycles. The van der Waals surface area contributed by atoms with Crippen LogP contribution in [0, 0.1) is 23.4 Å². The van der Waals surface area contributed by atoms with Gasteiger partial charge in [-0.15, -0.1) is 0 Å². The molecule has 9 heteroatoms. The molecule has 0 aliphatic carbocycles. The maximum Gasteiger partial charge on any atom is 0.229 e. The van der Waals surface area contributed by atoms with Gasteiger partial charge in [0.25, 0.3) is 0 Å². The molecular formula is C19H15F3N2O4. The minimum atomic E-state index is -1.67. The number of benzene rings is 2. The number of rotatable bonds is 3. The number of nitrogens with zero attached hydrogens (tertiary/aromatic N) is 1. The van der Waals surface area contributed by atoms with E-state index in [9.17, 15) is 22.8 Å². The van der Waals surface area contributed by atoms with Gasteiger partial charge < -0.3 is 19.7 Å². The van der Waals surface area contributed by atoms with Gasteiger partial charge in [-0.2, -0.15) is 0 Å². The topological polar surface area (TPSA) is 67.9 Å². The molecule has 2 aromatic rings. The average Bonchev–Trinajstić information content (AvgIpc) is 3.10. The van der Waals surface area contributed by atoms with E-state index >= 15 is 0 Å². The summed E-state index contributed by atoms with van der Waals surface area (Å²) in [5.41, 5.74) is 0.0673. The van der Waals surface area contributed by atoms with E-state index in [2.05, 4.69) is 5.32 Å². The Morgan fingerprint density at radius 2 is 1.79 bits per heavy atom. The molecule has 0 unspecified atom stereocenters. The van der Waals surface area contributed by atoms with Crippen molar-refractivity contribution in [1.29, 1.82) is 0 Å². The lowest BCUT2D eigenvalue weighted by Crippen LogP contribution is -2.28. The molecule has 1 fully saturated rings. The van der Waals surface area contributed by atoms with Crippen molar-refractivity contribution < 1.29 is 32.2 Å². The first-order chi connectivity index (χ1) is 13.4. The van der Waals surface area contributed by atoms with E-state index in [0.29, 0.717) is 30.4 Å². The van der Waals surface area contributed by atoms with Gasteiger partial charge in [0.15, 0.2) is 29.0 Å². The number of carbonyl (C=O) groups excluding carboxylic acids is 2. The minimum absolute atomic E-state index is 0.0651. The first-order valence-electron chi connectivity index (χ1n) is 8.58. The van der Waals surface area contributed by atoms with Gasteiger partial charge in [-0.1, -0.05) is 0 Å². The van der Waals surface area contributed by atoms with Gasteiger partial charge in [0.05, 0.1) is 11.6 Å². The van der Waals surface area contributed by atoms with Gasteiger partial charge in [-0.05, 0) is 24.3 Å². The predicted octanol–water partition coefficient (Wildman–Crippen LogP) is 2.87. The number of anilines is 2. The standard InChI is InChI=1S/C19H15F3N2O4/c20-12-2-3-13(18(22)17(12)21)23-19(26)10-7-16(25)24(9-10)11-1-4-14-15(8-11)28-6-5-27-14/h1-4,8,10H,5-7,9H2,(H,23,26)/t10-/m1/s1. The fraction of sp³-hybridized carbons (Fsp3) is 0.263. The zero-order chi connectivity index (χ0) is 19.8. The van der Waals surface area contributed by atoms with Crippen LogP contribution in [0.4, 0.5) is 24.5 Å². The highest BCUT2D eigenvalue weighted by Gasteiger charge is 2.36. The second-order valence-electron chi connectivity index (χ2n) is 6.45. The van der Waals surface area contributed by atoms with Crippen LogP contribution in [-0.4, -0.2) is 31.6 Å². The monoisotopic (exact) mass is 392 g/mol. The third-order valence-electron chi connectivity index (χ3n) is 4.63. The highest BCUT2D eigenvalue weighted by molar-refractivity contribution is 6.03. The molecule has 28 heavy (non-hydrogen) atoms. The van der Waals surface area contributed by atoms with Crippen molar-refractivity contribution >= 4 is 23.2 Å². The Hall–Kier alpha value is -3.23. The van der Waals surface area contributed by atoms with Gasteiger partial charge in [0, 0.05) is 24.7 Å². The molecule has 4 rings (SSSR count). The summed E-state index contributed by atoms with van der Waals surface area (Å²) in [5, 5.41) is 2.22. The summed E-state index contributed by atoms with van der Waals surface area (Å²) in [6.45, 7) is 0.905. The number of ether oxygens (including phenoxy) is 2. The number of fused-ring (bicyclic) bond motifs is 1. The zero-order valence-corrected chi connectivity index (χ0v) is 14.5. The largest absolute Gasteiger partial charge is 0.486 e. The lowest BCUT2D eigenvalue weighted by molar-refractivity contribution is -0.122. The second-order valence-corrected chi connectivity index (χ2v) is 6.45. The highest BCUT2D eigenvalue weighted by atomic mass is 19.2. The smallest absolute Gasteiger partial charge is 0.229 e. The molecule has 1 saturated heterocycles. The summed E-state index contributed by atoms with van der Waals surface area (Å²) in [5.74, 6) is -5.14. The van der Waals surface area contributed by atoms with Crippen LogP contribution in [0.1, 0.15) is 6.42 Å². The van der Waals surface area contributed by atoms with Crippen molar-refractivity contribution in [3.63, 3.8) is 0 Å². The van der Waals surface area contributed by atoms with Crippen molar-refractivity contribution in [2.45, 2.75) is 6.42 Å². The zero-order valence-electron chi connectivity index (χ0n) is 14.5. The fourth-order valence-electron chi connectivity index (χ4n) is 3.19. The summed E-state index contributed by atoms with van der Waals surface area (Å²) in [7, 11) is 0. The summed E-state index contributed by atoms with van der Waals surface area (Å²) in [4.78, 5) is 26.2. The molecule has 1 atom stereocenters. The molecule has 0 spiro atoms. The van der Waals surface area contributed by atoms with E-state index in [1.807, 2.05) is 0 Å². The van der Waals surface area contributed by atoms with E-state index in [1.165, 1.54) is 4.90 Å². The number of hydrogen-bond acceptors (Lipinski definition) is 4. The maximum atomic E-state index is 13.8. The lowest BCUT2D eigenvalue weighted by atomic mass is 10.1. The van der Waals surface area contributed by atoms with Crippen molar-refractivity contribution in [3.8, 4) is 11.5 Å². The second kappa shape index (κ2) is 7.06. The molecule has 2 aromatic carbocycles. The molecule has 2 amide bonds. The van der Waals surface area contributed by atoms with Gasteiger partial charge in [-0.25, -0.2) is 13.2 Å². The number of amides is 2. The van der Waals surface area contributed by atoms with E-state index in [4.69, 9.17) is 9.47 Å². The van der Waals surface area contributed by atoms with Crippen LogP contribution >= 0.6 is 0 Å². The van der Waals surface area contributed by atoms with Gasteiger partial charge >= 0.3 is 0 Å². The lowest BCUT2D eigenvalue weighted by Gasteiger charge is -2.22. The Morgan fingerprint density at radius 3 is 2.57 bits per heavy atom. The number of carbonyl (C=O) groups is 2. The van der Waals surface area contributed by atoms with Crippen LogP contribution in [0.2, 0.25) is 0 Å². The molecule has 6 nitrogen and oxygen atoms in total. The Labute approximate surface area is 157 Å². The molecule has 2 aliphatic heterocycles. The van der Waals surface area contributed by atoms with Crippen molar-refractivity contribution in [2.24, 2.45) is 5.92 Å². The Balaban J connectivity index is 1.49. The average molecular weight is 392 g/mol. The fourth-order valence-corrected chi connectivity index (χ4v) is 3.19. The highest BCUT2D eigenvalue weighted by Crippen LogP contribution is 2.36. The van der Waals surface area contributed by atoms with Gasteiger partial charge in [0.1, 0.15) is 13.2 Å². The van der Waals surface area contributed by atoms with Crippen LogP contribution in [0.25, 0.3) is 0 Å². The van der Waals surface area contributed by atoms with E-state index < -0.39 is 35.0 Å². The summed E-state index contributed by atoms with van der Waals surface area (Å²) in [6, 6.07) is 6.67. The quantitative estimate of drug-likeness (QED) is 0.816. The summed E-state index contributed by atoms with van der Waals surface area (Å²) >= 11 is 0. The molecule has 2 heterocycles. The maximum absolute atomic E-state index is 13.8. The Morgan fingerprint density at radius 1 is 1.04 bits per heavy atom. The van der Waals surface area contributed by atoms with Gasteiger partial charge in [-0.3, -0.25) is 9.59 Å². The SMILES string of the molecule is O=C(Nc1ccc(F)c(F)c1F)[C@@H]1CC(=O)N(c2ccc3c(c2)OCCO3)C1. The van der Waals surface area contributed by atoms with Crippen molar-refractivity contribution in [1.82, 2.24) is 0 Å². The summed E-state index contributed by atoms with van der Waals surface area (Å²) < 4.78 is 51.0. The summed E-state index contributed by atoms with van der Waals surface area (Å²) in [6.07, 6.45) is -0.0917. The molecule has 2 aliphatic rings. The molecule has 0 bridgehead atoms. The van der Waals surface area contributed by atoms with Crippen molar-refractivity contribution in [3.05, 3.63) is 47.8 Å². The van der Waals surface area contributed by atoms with Crippen LogP contribution < -0.4 is 19.7 Å². The van der Waals surface area contributed by atoms with Gasteiger partial charge in [0.2, 0.25) is 11.8 Å². The van der Waals surface area contributed by atoms with Crippen LogP contribution in [0.15, 0.2) is 30.3 Å². The molecular weight excluding hydrogens is 377 g/mol. The van der Waals surface area contributed by atoms with E-state index in [-0.39, 0.29) is 18.9 Å². The normalized spacial score (nSPS) is 18.3. The van der Waals surface area contributed by atoms with E-state index in [0.717, 1.165) is 12.1 Å². The number of halogens is 3. The van der Waals surface area contributed by atoms with Crippen LogP contribution in [0.3, 0.4) is 0 Å². The molecule has 0 radical (unpaired) electrons. The van der Waals surface area contributed by atoms with Crippen LogP contribution in [0.5, 0.6) is 11.5 Å². The Kier molecular flexibility index (Phi) is 4.58. The first-order valence-corrected chi connectivity index (χ1v) is 8.58.